The van der Waals surface area contributed by atoms with E-state index in [4.69, 9.17) is 9.47 Å². The van der Waals surface area contributed by atoms with Crippen LogP contribution in [0.2, 0.25) is 0 Å². The number of carbonyl (C=O) groups excluding carboxylic acids is 3. The van der Waals surface area contributed by atoms with Gasteiger partial charge in [0.1, 0.15) is 5.75 Å². The van der Waals surface area contributed by atoms with E-state index in [0.717, 1.165) is 17.7 Å². The van der Waals surface area contributed by atoms with Crippen LogP contribution in [0.5, 0.6) is 5.75 Å². The van der Waals surface area contributed by atoms with Gasteiger partial charge in [-0.2, -0.15) is 0 Å². The third kappa shape index (κ3) is 5.47. The molecular formula is C29H30N2O5. The van der Waals surface area contributed by atoms with Gasteiger partial charge in [-0.05, 0) is 67.8 Å². The summed E-state index contributed by atoms with van der Waals surface area (Å²) >= 11 is 0. The van der Waals surface area contributed by atoms with Crippen LogP contribution in [0, 0.1) is 0 Å². The number of imide groups is 1. The molecule has 0 aliphatic carbocycles. The first-order chi connectivity index (χ1) is 17.5. The molecular weight excluding hydrogens is 456 g/mol. The van der Waals surface area contributed by atoms with E-state index in [0.29, 0.717) is 43.3 Å². The number of nitrogens with zero attached hydrogens (tertiary/aromatic N) is 2. The van der Waals surface area contributed by atoms with Gasteiger partial charge in [-0.25, -0.2) is 4.90 Å². The third-order valence-corrected chi connectivity index (χ3v) is 6.13. The van der Waals surface area contributed by atoms with Gasteiger partial charge in [-0.3, -0.25) is 14.4 Å². The highest BCUT2D eigenvalue weighted by atomic mass is 16.5. The van der Waals surface area contributed by atoms with Gasteiger partial charge in [0, 0.05) is 25.8 Å². The second kappa shape index (κ2) is 11.6. The second-order valence-electron chi connectivity index (χ2n) is 8.51. The van der Waals surface area contributed by atoms with Crippen LogP contribution in [0.15, 0.2) is 72.8 Å². The van der Waals surface area contributed by atoms with Crippen molar-refractivity contribution in [2.75, 3.05) is 38.3 Å². The van der Waals surface area contributed by atoms with Crippen LogP contribution in [0.3, 0.4) is 0 Å². The molecule has 186 valence electrons. The molecule has 7 nitrogen and oxygen atoms in total. The highest BCUT2D eigenvalue weighted by Gasteiger charge is 2.37. The van der Waals surface area contributed by atoms with Crippen LogP contribution in [-0.4, -0.2) is 56.0 Å². The predicted octanol–water partition coefficient (Wildman–Crippen LogP) is 4.61. The molecule has 1 aliphatic heterocycles. The number of hydrogen-bond acceptors (Lipinski definition) is 5. The topological polar surface area (TPSA) is 76.2 Å². The number of fused-ring (bicyclic) bond motifs is 1. The summed E-state index contributed by atoms with van der Waals surface area (Å²) in [7, 11) is 1.60. The lowest BCUT2D eigenvalue weighted by Gasteiger charge is -2.22. The number of carbonyl (C=O) groups is 3. The molecule has 3 aromatic rings. The van der Waals surface area contributed by atoms with Crippen LogP contribution in [0.25, 0.3) is 0 Å². The van der Waals surface area contributed by atoms with Crippen molar-refractivity contribution >= 4 is 23.4 Å². The molecule has 0 fully saturated rings. The number of aryl methyl sites for hydroxylation is 1. The minimum absolute atomic E-state index is 0.192. The van der Waals surface area contributed by atoms with Gasteiger partial charge >= 0.3 is 0 Å². The van der Waals surface area contributed by atoms with Gasteiger partial charge in [-0.1, -0.05) is 30.3 Å². The molecule has 0 radical (unpaired) electrons. The predicted molar refractivity (Wildman–Crippen MR) is 138 cm³/mol. The van der Waals surface area contributed by atoms with Crippen molar-refractivity contribution in [1.29, 1.82) is 0 Å². The summed E-state index contributed by atoms with van der Waals surface area (Å²) in [6.45, 7) is 3.81. The first kappa shape index (κ1) is 25.1. The zero-order valence-corrected chi connectivity index (χ0v) is 20.6. The summed E-state index contributed by atoms with van der Waals surface area (Å²) in [4.78, 5) is 42.5. The van der Waals surface area contributed by atoms with Crippen molar-refractivity contribution in [2.45, 2.75) is 19.8 Å². The molecule has 4 rings (SSSR count). The molecule has 0 saturated carbocycles. The molecule has 0 saturated heterocycles. The Balaban J connectivity index is 1.50. The SMILES string of the molecule is CCOc1ccc(N2C(=O)c3ccc(C(=O)N(CCCc4ccccc4)CCOC)cc3C2=O)cc1. The average Bonchev–Trinajstić information content (AvgIpc) is 3.16. The molecule has 0 spiro atoms. The van der Waals surface area contributed by atoms with E-state index in [1.54, 1.807) is 48.4 Å². The third-order valence-electron chi connectivity index (χ3n) is 6.13. The second-order valence-corrected chi connectivity index (χ2v) is 8.51. The fourth-order valence-corrected chi connectivity index (χ4v) is 4.28. The zero-order valence-electron chi connectivity index (χ0n) is 20.6. The van der Waals surface area contributed by atoms with E-state index >= 15 is 0 Å². The fraction of sp³-hybridized carbons (Fsp3) is 0.276. The Kier molecular flexibility index (Phi) is 8.13. The Hall–Kier alpha value is -3.97. The Morgan fingerprint density at radius 2 is 1.61 bits per heavy atom. The van der Waals surface area contributed by atoms with E-state index in [1.165, 1.54) is 11.6 Å². The van der Waals surface area contributed by atoms with E-state index in [2.05, 4.69) is 12.1 Å². The Morgan fingerprint density at radius 3 is 2.31 bits per heavy atom. The molecule has 0 aromatic heterocycles. The lowest BCUT2D eigenvalue weighted by atomic mass is 10.0. The van der Waals surface area contributed by atoms with Gasteiger partial charge in [0.05, 0.1) is 30.0 Å². The quantitative estimate of drug-likeness (QED) is 0.370. The highest BCUT2D eigenvalue weighted by molar-refractivity contribution is 6.34. The zero-order chi connectivity index (χ0) is 25.5. The summed E-state index contributed by atoms with van der Waals surface area (Å²) in [6.07, 6.45) is 1.65. The number of amides is 3. The number of ether oxygens (including phenoxy) is 2. The van der Waals surface area contributed by atoms with Gasteiger partial charge in [0.2, 0.25) is 0 Å². The standard InChI is InChI=1S/C29H30N2O5/c1-3-36-24-14-12-23(13-15-24)31-28(33)25-16-11-22(20-26(25)29(31)34)27(32)30(18-19-35-2)17-7-10-21-8-5-4-6-9-21/h4-6,8-9,11-16,20H,3,7,10,17-19H2,1-2H3. The summed E-state index contributed by atoms with van der Waals surface area (Å²) in [5.74, 6) is -0.379. The van der Waals surface area contributed by atoms with Crippen LogP contribution in [0.4, 0.5) is 5.69 Å². The molecule has 0 N–H and O–H groups in total. The maximum Gasteiger partial charge on any atom is 0.266 e. The lowest BCUT2D eigenvalue weighted by molar-refractivity contribution is 0.0693. The summed E-state index contributed by atoms with van der Waals surface area (Å²) < 4.78 is 10.7. The monoisotopic (exact) mass is 486 g/mol. The van der Waals surface area contributed by atoms with Crippen LogP contribution in [-0.2, 0) is 11.2 Å². The summed E-state index contributed by atoms with van der Waals surface area (Å²) in [6, 6.07) is 21.6. The largest absolute Gasteiger partial charge is 0.494 e. The van der Waals surface area contributed by atoms with Crippen molar-refractivity contribution in [2.24, 2.45) is 0 Å². The summed E-state index contributed by atoms with van der Waals surface area (Å²) in [5, 5.41) is 0. The fourth-order valence-electron chi connectivity index (χ4n) is 4.28. The first-order valence-corrected chi connectivity index (χ1v) is 12.1. The van der Waals surface area contributed by atoms with Crippen molar-refractivity contribution in [3.8, 4) is 5.75 Å². The number of benzene rings is 3. The minimum atomic E-state index is -0.443. The highest BCUT2D eigenvalue weighted by Crippen LogP contribution is 2.30. The van der Waals surface area contributed by atoms with Crippen LogP contribution in [0.1, 0.15) is 50.0 Å². The van der Waals surface area contributed by atoms with Gasteiger partial charge < -0.3 is 14.4 Å². The lowest BCUT2D eigenvalue weighted by Crippen LogP contribution is -2.35. The molecule has 0 atom stereocenters. The molecule has 36 heavy (non-hydrogen) atoms. The number of methoxy groups -OCH3 is 1. The smallest absolute Gasteiger partial charge is 0.266 e. The van der Waals surface area contributed by atoms with E-state index < -0.39 is 11.8 Å². The van der Waals surface area contributed by atoms with Crippen molar-refractivity contribution in [3.63, 3.8) is 0 Å². The Morgan fingerprint density at radius 1 is 0.889 bits per heavy atom. The first-order valence-electron chi connectivity index (χ1n) is 12.1. The molecule has 7 heteroatoms. The summed E-state index contributed by atoms with van der Waals surface area (Å²) in [5.41, 5.74) is 2.57. The van der Waals surface area contributed by atoms with Gasteiger partial charge in [0.25, 0.3) is 17.7 Å². The van der Waals surface area contributed by atoms with Crippen LogP contribution < -0.4 is 9.64 Å². The van der Waals surface area contributed by atoms with Gasteiger partial charge in [-0.15, -0.1) is 0 Å². The maximum atomic E-state index is 13.4. The molecule has 3 amide bonds. The van der Waals surface area contributed by atoms with E-state index in [1.807, 2.05) is 25.1 Å². The average molecular weight is 487 g/mol. The Bertz CT molecular complexity index is 1220. The van der Waals surface area contributed by atoms with E-state index in [9.17, 15) is 14.4 Å². The minimum Gasteiger partial charge on any atom is -0.494 e. The van der Waals surface area contributed by atoms with Crippen molar-refractivity contribution in [3.05, 3.63) is 95.1 Å². The van der Waals surface area contributed by atoms with Crippen LogP contribution >= 0.6 is 0 Å². The van der Waals surface area contributed by atoms with Crippen molar-refractivity contribution in [1.82, 2.24) is 4.90 Å². The maximum absolute atomic E-state index is 13.4. The van der Waals surface area contributed by atoms with Crippen molar-refractivity contribution < 1.29 is 23.9 Å². The molecule has 3 aromatic carbocycles. The number of rotatable bonds is 11. The normalized spacial score (nSPS) is 12.6. The Labute approximate surface area is 211 Å². The number of hydrogen-bond donors (Lipinski definition) is 0. The molecule has 1 aliphatic rings. The van der Waals surface area contributed by atoms with E-state index in [-0.39, 0.29) is 17.0 Å². The van der Waals surface area contributed by atoms with Gasteiger partial charge in [0.15, 0.2) is 0 Å². The molecule has 0 bridgehead atoms. The molecule has 0 unspecified atom stereocenters. The number of anilines is 1. The molecule has 1 heterocycles.